The van der Waals surface area contributed by atoms with E-state index in [9.17, 15) is 0 Å². The minimum atomic E-state index is -0.253. The van der Waals surface area contributed by atoms with Crippen molar-refractivity contribution in [1.29, 1.82) is 0 Å². The molecular formula is C23H24O2. The van der Waals surface area contributed by atoms with Crippen LogP contribution in [0.5, 0.6) is 0 Å². The first-order chi connectivity index (χ1) is 12.3. The summed E-state index contributed by atoms with van der Waals surface area (Å²) in [5.41, 5.74) is 4.47. The molecule has 25 heavy (non-hydrogen) atoms. The van der Waals surface area contributed by atoms with Gasteiger partial charge in [0.25, 0.3) is 0 Å². The summed E-state index contributed by atoms with van der Waals surface area (Å²) in [6, 6.07) is 16.7. The van der Waals surface area contributed by atoms with Gasteiger partial charge in [-0.25, -0.2) is 0 Å². The third kappa shape index (κ3) is 4.60. The van der Waals surface area contributed by atoms with Crippen molar-refractivity contribution < 1.29 is 9.47 Å². The summed E-state index contributed by atoms with van der Waals surface area (Å²) in [4.78, 5) is 0. The number of benzene rings is 2. The predicted octanol–water partition coefficient (Wildman–Crippen LogP) is 5.35. The quantitative estimate of drug-likeness (QED) is 0.542. The molecule has 3 rings (SSSR count). The van der Waals surface area contributed by atoms with Gasteiger partial charge in [-0.15, -0.1) is 12.5 Å². The van der Waals surface area contributed by atoms with E-state index in [2.05, 4.69) is 67.0 Å². The Morgan fingerprint density at radius 3 is 2.16 bits per heavy atom. The molecule has 1 fully saturated rings. The molecule has 128 valence electrons. The van der Waals surface area contributed by atoms with Crippen LogP contribution < -0.4 is 0 Å². The third-order valence-corrected chi connectivity index (χ3v) is 4.42. The molecule has 0 saturated carbocycles. The van der Waals surface area contributed by atoms with E-state index in [1.165, 1.54) is 11.1 Å². The van der Waals surface area contributed by atoms with Gasteiger partial charge < -0.3 is 9.47 Å². The summed E-state index contributed by atoms with van der Waals surface area (Å²) in [6.45, 7) is 7.12. The van der Waals surface area contributed by atoms with Gasteiger partial charge in [-0.2, -0.15) is 0 Å². The molecule has 2 aromatic rings. The molecule has 0 amide bonds. The molecular weight excluding hydrogens is 308 g/mol. The molecule has 2 aromatic carbocycles. The maximum atomic E-state index is 5.89. The Morgan fingerprint density at radius 1 is 1.00 bits per heavy atom. The fourth-order valence-corrected chi connectivity index (χ4v) is 2.98. The summed E-state index contributed by atoms with van der Waals surface area (Å²) in [6.07, 6.45) is 3.79. The van der Waals surface area contributed by atoms with Crippen LogP contribution in [0.1, 0.15) is 37.2 Å². The van der Waals surface area contributed by atoms with E-state index >= 15 is 0 Å². The normalized spacial score (nSPS) is 19.7. The van der Waals surface area contributed by atoms with Crippen LogP contribution in [-0.2, 0) is 9.47 Å². The molecule has 0 radical (unpaired) electrons. The average Bonchev–Trinajstić information content (AvgIpc) is 2.68. The van der Waals surface area contributed by atoms with Crippen molar-refractivity contribution in [3.63, 3.8) is 0 Å². The van der Waals surface area contributed by atoms with Crippen molar-refractivity contribution in [3.8, 4) is 23.0 Å². The molecule has 1 saturated heterocycles. The summed E-state index contributed by atoms with van der Waals surface area (Å²) in [5, 5.41) is 0. The first-order valence-corrected chi connectivity index (χ1v) is 8.77. The molecule has 0 aromatic heterocycles. The van der Waals surface area contributed by atoms with E-state index in [0.717, 1.165) is 37.2 Å². The van der Waals surface area contributed by atoms with Crippen LogP contribution in [0.15, 0.2) is 61.2 Å². The van der Waals surface area contributed by atoms with Gasteiger partial charge >= 0.3 is 0 Å². The van der Waals surface area contributed by atoms with Crippen molar-refractivity contribution in [3.05, 3.63) is 72.3 Å². The van der Waals surface area contributed by atoms with Crippen LogP contribution >= 0.6 is 0 Å². The molecule has 0 unspecified atom stereocenters. The molecule has 2 heteroatoms. The largest absolute Gasteiger partial charge is 0.348 e. The zero-order chi connectivity index (χ0) is 17.5. The minimum absolute atomic E-state index is 0.253. The predicted molar refractivity (Wildman–Crippen MR) is 102 cm³/mol. The van der Waals surface area contributed by atoms with E-state index in [1.54, 1.807) is 0 Å². The number of rotatable bonds is 5. The number of allylic oxidation sites excluding steroid dienone is 1. The molecule has 0 N–H and O–H groups in total. The first kappa shape index (κ1) is 17.5. The maximum Gasteiger partial charge on any atom is 0.183 e. The molecule has 1 aliphatic rings. The number of hydrogen-bond donors (Lipinski definition) is 0. The standard InChI is InChI=1S/C23H24O2/c1-3-5-7-19-16-24-23(25-17-19)22-14-12-21(13-15-22)20-10-8-18(6-4-2)9-11-20/h3,8-15,19,23H,1,5,7,16-17H2,2H3. The lowest BCUT2D eigenvalue weighted by Gasteiger charge is -2.29. The number of ether oxygens (including phenoxy) is 2. The van der Waals surface area contributed by atoms with Gasteiger partial charge in [0.15, 0.2) is 6.29 Å². The Balaban J connectivity index is 1.62. The second-order valence-corrected chi connectivity index (χ2v) is 6.31. The van der Waals surface area contributed by atoms with Crippen LogP contribution in [0.4, 0.5) is 0 Å². The molecule has 1 heterocycles. The summed E-state index contributed by atoms with van der Waals surface area (Å²) >= 11 is 0. The highest BCUT2D eigenvalue weighted by Gasteiger charge is 2.23. The second kappa shape index (κ2) is 8.67. The second-order valence-electron chi connectivity index (χ2n) is 6.31. The van der Waals surface area contributed by atoms with E-state index in [0.29, 0.717) is 5.92 Å². The van der Waals surface area contributed by atoms with Crippen LogP contribution in [0, 0.1) is 17.8 Å². The Kier molecular flexibility index (Phi) is 6.06. The summed E-state index contributed by atoms with van der Waals surface area (Å²) < 4.78 is 11.8. The highest BCUT2D eigenvalue weighted by atomic mass is 16.7. The van der Waals surface area contributed by atoms with Crippen molar-refractivity contribution in [2.75, 3.05) is 13.2 Å². The lowest BCUT2D eigenvalue weighted by Crippen LogP contribution is -2.26. The van der Waals surface area contributed by atoms with Crippen molar-refractivity contribution in [2.24, 2.45) is 5.92 Å². The summed E-state index contributed by atoms with van der Waals surface area (Å²) in [5.74, 6) is 6.46. The molecule has 1 aliphatic heterocycles. The number of hydrogen-bond acceptors (Lipinski definition) is 2. The topological polar surface area (TPSA) is 18.5 Å². The molecule has 2 nitrogen and oxygen atoms in total. The Morgan fingerprint density at radius 2 is 1.60 bits per heavy atom. The SMILES string of the molecule is C=CCCC1COC(c2ccc(-c3ccc(C#CC)cc3)cc2)OC1. The van der Waals surface area contributed by atoms with Gasteiger partial charge in [0.1, 0.15) is 0 Å². The van der Waals surface area contributed by atoms with Crippen LogP contribution in [0.2, 0.25) is 0 Å². The van der Waals surface area contributed by atoms with Crippen LogP contribution in [0.3, 0.4) is 0 Å². The lowest BCUT2D eigenvalue weighted by atomic mass is 10.0. The van der Waals surface area contributed by atoms with Gasteiger partial charge in [-0.3, -0.25) is 0 Å². The average molecular weight is 332 g/mol. The molecule has 0 aliphatic carbocycles. The van der Waals surface area contributed by atoms with E-state index in [4.69, 9.17) is 9.47 Å². The fraction of sp³-hybridized carbons (Fsp3) is 0.304. The van der Waals surface area contributed by atoms with Crippen LogP contribution in [0.25, 0.3) is 11.1 Å². The zero-order valence-corrected chi connectivity index (χ0v) is 14.7. The summed E-state index contributed by atoms with van der Waals surface area (Å²) in [7, 11) is 0. The maximum absolute atomic E-state index is 5.89. The van der Waals surface area contributed by atoms with Gasteiger partial charge in [0.05, 0.1) is 13.2 Å². The smallest absolute Gasteiger partial charge is 0.183 e. The van der Waals surface area contributed by atoms with Crippen LogP contribution in [-0.4, -0.2) is 13.2 Å². The first-order valence-electron chi connectivity index (χ1n) is 8.77. The van der Waals surface area contributed by atoms with Gasteiger partial charge in [0, 0.05) is 17.0 Å². The van der Waals surface area contributed by atoms with Crippen molar-refractivity contribution in [1.82, 2.24) is 0 Å². The van der Waals surface area contributed by atoms with E-state index in [1.807, 2.05) is 13.0 Å². The van der Waals surface area contributed by atoms with Gasteiger partial charge in [-0.05, 0) is 43.0 Å². The van der Waals surface area contributed by atoms with E-state index < -0.39 is 0 Å². The lowest BCUT2D eigenvalue weighted by molar-refractivity contribution is -0.205. The van der Waals surface area contributed by atoms with E-state index in [-0.39, 0.29) is 6.29 Å². The third-order valence-electron chi connectivity index (χ3n) is 4.42. The molecule has 0 atom stereocenters. The Hall–Kier alpha value is -2.34. The monoisotopic (exact) mass is 332 g/mol. The zero-order valence-electron chi connectivity index (χ0n) is 14.7. The minimum Gasteiger partial charge on any atom is -0.348 e. The molecule has 0 spiro atoms. The highest BCUT2D eigenvalue weighted by molar-refractivity contribution is 5.64. The van der Waals surface area contributed by atoms with Crippen molar-refractivity contribution in [2.45, 2.75) is 26.1 Å². The fourth-order valence-electron chi connectivity index (χ4n) is 2.98. The van der Waals surface area contributed by atoms with Crippen molar-refractivity contribution >= 4 is 0 Å². The Labute approximate surface area is 150 Å². The molecule has 0 bridgehead atoms. The Bertz CT molecular complexity index is 739. The highest BCUT2D eigenvalue weighted by Crippen LogP contribution is 2.29. The van der Waals surface area contributed by atoms with Gasteiger partial charge in [0.2, 0.25) is 0 Å². The van der Waals surface area contributed by atoms with Gasteiger partial charge in [-0.1, -0.05) is 48.4 Å².